The number of benzene rings is 3. The molecule has 1 unspecified atom stereocenters. The van der Waals surface area contributed by atoms with E-state index in [2.05, 4.69) is 6.07 Å². The summed E-state index contributed by atoms with van der Waals surface area (Å²) >= 11 is 11.6. The predicted octanol–water partition coefficient (Wildman–Crippen LogP) is 7.64. The van der Waals surface area contributed by atoms with E-state index in [1.807, 2.05) is 43.3 Å². The van der Waals surface area contributed by atoms with E-state index in [4.69, 9.17) is 27.9 Å². The molecule has 3 aromatic carbocycles. The zero-order valence-electron chi connectivity index (χ0n) is 22.5. The van der Waals surface area contributed by atoms with Crippen molar-refractivity contribution in [3.8, 4) is 6.07 Å². The van der Waals surface area contributed by atoms with Gasteiger partial charge in [0.15, 0.2) is 6.23 Å². The lowest BCUT2D eigenvalue weighted by Crippen LogP contribution is -2.32. The van der Waals surface area contributed by atoms with Gasteiger partial charge in [-0.15, -0.1) is 0 Å². The summed E-state index contributed by atoms with van der Waals surface area (Å²) in [5.74, 6) is -0.575. The number of hydrogen-bond acceptors (Lipinski definition) is 4. The molecule has 1 saturated carbocycles. The number of nitrogens with zero attached hydrogens (tertiary/aromatic N) is 2. The Hall–Kier alpha value is -2.95. The maximum absolute atomic E-state index is 15.4. The molecule has 4 rings (SSSR count). The van der Waals surface area contributed by atoms with Gasteiger partial charge in [0.1, 0.15) is 5.82 Å². The maximum Gasteiger partial charge on any atom is 0.212 e. The van der Waals surface area contributed by atoms with E-state index in [1.165, 1.54) is 11.0 Å². The first kappa shape index (κ1) is 30.6. The smallest absolute Gasteiger partial charge is 0.212 e. The SMILES string of the molecule is Cc1cc(Cl)ccc1CN(C=O)C(OCC1(C#N)CC1)c1c(C)cc(C(C)(C)O)cc1F.Clc1ccccc1. The molecule has 0 heterocycles. The van der Waals surface area contributed by atoms with Gasteiger partial charge in [0.25, 0.3) is 0 Å². The maximum atomic E-state index is 15.4. The second-order valence-electron chi connectivity index (χ2n) is 10.4. The average Bonchev–Trinajstić information content (AvgIpc) is 3.66. The minimum atomic E-state index is -1.22. The molecular weight excluding hydrogens is 538 g/mol. The molecule has 0 saturated heterocycles. The van der Waals surface area contributed by atoms with Gasteiger partial charge < -0.3 is 14.7 Å². The Morgan fingerprint density at radius 2 is 1.77 bits per heavy atom. The first-order valence-corrected chi connectivity index (χ1v) is 13.4. The molecule has 1 amide bonds. The van der Waals surface area contributed by atoms with E-state index in [-0.39, 0.29) is 18.7 Å². The van der Waals surface area contributed by atoms with Crippen molar-refractivity contribution in [3.63, 3.8) is 0 Å². The van der Waals surface area contributed by atoms with Gasteiger partial charge in [0, 0.05) is 22.2 Å². The van der Waals surface area contributed by atoms with Crippen LogP contribution >= 0.6 is 23.2 Å². The van der Waals surface area contributed by atoms with Crippen LogP contribution in [0.2, 0.25) is 10.0 Å². The van der Waals surface area contributed by atoms with Crippen LogP contribution in [-0.4, -0.2) is 23.0 Å². The van der Waals surface area contributed by atoms with Crippen molar-refractivity contribution in [2.75, 3.05) is 6.61 Å². The average molecular weight is 572 g/mol. The molecule has 0 aromatic heterocycles. The van der Waals surface area contributed by atoms with Gasteiger partial charge >= 0.3 is 0 Å². The van der Waals surface area contributed by atoms with Crippen LogP contribution in [0.25, 0.3) is 0 Å². The van der Waals surface area contributed by atoms with Crippen LogP contribution in [0.1, 0.15) is 60.7 Å². The summed E-state index contributed by atoms with van der Waals surface area (Å²) < 4.78 is 21.4. The Morgan fingerprint density at radius 1 is 1.10 bits per heavy atom. The largest absolute Gasteiger partial charge is 0.386 e. The van der Waals surface area contributed by atoms with Crippen molar-refractivity contribution in [1.82, 2.24) is 4.90 Å². The van der Waals surface area contributed by atoms with Gasteiger partial charge in [0.05, 0.1) is 23.7 Å². The van der Waals surface area contributed by atoms with Crippen molar-refractivity contribution in [1.29, 1.82) is 5.26 Å². The normalized spacial score (nSPS) is 14.4. The van der Waals surface area contributed by atoms with E-state index in [0.29, 0.717) is 35.4 Å². The lowest BCUT2D eigenvalue weighted by atomic mass is 9.93. The molecule has 8 heteroatoms. The highest BCUT2D eigenvalue weighted by Gasteiger charge is 2.44. The van der Waals surface area contributed by atoms with Crippen LogP contribution in [0.3, 0.4) is 0 Å². The molecule has 5 nitrogen and oxygen atoms in total. The number of ether oxygens (including phenoxy) is 1. The summed E-state index contributed by atoms with van der Waals surface area (Å²) in [5, 5.41) is 21.1. The van der Waals surface area contributed by atoms with Gasteiger partial charge in [-0.1, -0.05) is 53.5 Å². The summed E-state index contributed by atoms with van der Waals surface area (Å²) in [7, 11) is 0. The van der Waals surface area contributed by atoms with Crippen molar-refractivity contribution >= 4 is 29.6 Å². The molecule has 39 heavy (non-hydrogen) atoms. The zero-order chi connectivity index (χ0) is 28.8. The third-order valence-electron chi connectivity index (χ3n) is 6.73. The third kappa shape index (κ3) is 8.27. The monoisotopic (exact) mass is 570 g/mol. The Morgan fingerprint density at radius 3 is 2.23 bits per heavy atom. The number of nitriles is 1. The molecule has 0 radical (unpaired) electrons. The number of carbonyl (C=O) groups excluding carboxylic acids is 1. The van der Waals surface area contributed by atoms with E-state index < -0.39 is 23.1 Å². The summed E-state index contributed by atoms with van der Waals surface area (Å²) in [6.07, 6.45) is 1.04. The molecule has 0 bridgehead atoms. The van der Waals surface area contributed by atoms with E-state index in [9.17, 15) is 15.2 Å². The molecule has 206 valence electrons. The Bertz CT molecular complexity index is 1310. The quantitative estimate of drug-likeness (QED) is 0.212. The minimum Gasteiger partial charge on any atom is -0.386 e. The van der Waals surface area contributed by atoms with Crippen molar-refractivity contribution < 1.29 is 19.0 Å². The van der Waals surface area contributed by atoms with Gasteiger partial charge in [0.2, 0.25) is 6.41 Å². The fraction of sp³-hybridized carbons (Fsp3) is 0.355. The summed E-state index contributed by atoms with van der Waals surface area (Å²) in [4.78, 5) is 13.5. The van der Waals surface area contributed by atoms with Crippen LogP contribution in [0.4, 0.5) is 4.39 Å². The minimum absolute atomic E-state index is 0.101. The molecule has 1 atom stereocenters. The second kappa shape index (κ2) is 12.9. The van der Waals surface area contributed by atoms with Crippen LogP contribution < -0.4 is 0 Å². The highest BCUT2D eigenvalue weighted by Crippen LogP contribution is 2.46. The third-order valence-corrected chi connectivity index (χ3v) is 7.21. The number of halogens is 3. The molecule has 3 aromatic rings. The lowest BCUT2D eigenvalue weighted by molar-refractivity contribution is -0.137. The van der Waals surface area contributed by atoms with E-state index in [0.717, 1.165) is 16.1 Å². The van der Waals surface area contributed by atoms with Gasteiger partial charge in [-0.2, -0.15) is 5.26 Å². The van der Waals surface area contributed by atoms with Crippen LogP contribution in [0, 0.1) is 36.4 Å². The number of rotatable bonds is 9. The first-order chi connectivity index (χ1) is 18.4. The van der Waals surface area contributed by atoms with Crippen LogP contribution in [0.5, 0.6) is 0 Å². The fourth-order valence-electron chi connectivity index (χ4n) is 4.07. The van der Waals surface area contributed by atoms with Crippen LogP contribution in [0.15, 0.2) is 60.7 Å². The summed E-state index contributed by atoms with van der Waals surface area (Å²) in [5.41, 5.74) is 1.14. The molecule has 1 aliphatic rings. The molecular formula is C31H33Cl2FN2O3. The lowest BCUT2D eigenvalue weighted by Gasteiger charge is -2.32. The fourth-order valence-corrected chi connectivity index (χ4v) is 4.44. The predicted molar refractivity (Wildman–Crippen MR) is 152 cm³/mol. The number of aliphatic hydroxyl groups is 1. The molecule has 1 N–H and O–H groups in total. The highest BCUT2D eigenvalue weighted by atomic mass is 35.5. The molecule has 0 aliphatic heterocycles. The number of carbonyl (C=O) groups is 1. The van der Waals surface area contributed by atoms with Gasteiger partial charge in [-0.05, 0) is 93.1 Å². The van der Waals surface area contributed by atoms with Crippen LogP contribution in [-0.2, 0) is 21.7 Å². The number of aryl methyl sites for hydroxylation is 2. The van der Waals surface area contributed by atoms with Crippen molar-refractivity contribution in [2.24, 2.45) is 5.41 Å². The van der Waals surface area contributed by atoms with Crippen molar-refractivity contribution in [3.05, 3.63) is 104 Å². The summed E-state index contributed by atoms with van der Waals surface area (Å²) in [6.45, 7) is 7.06. The number of hydrogen-bond donors (Lipinski definition) is 1. The van der Waals surface area contributed by atoms with Crippen molar-refractivity contribution in [2.45, 2.75) is 58.9 Å². The Labute approximate surface area is 239 Å². The molecule has 0 spiro atoms. The first-order valence-electron chi connectivity index (χ1n) is 12.6. The van der Waals surface area contributed by atoms with E-state index in [1.54, 1.807) is 39.0 Å². The molecule has 1 fully saturated rings. The standard InChI is InChI=1S/C25H28ClFN2O3.C6H5Cl/c1-16-10-20(26)6-5-18(16)12-29(15-30)23(32-14-25(13-28)7-8-25)22-17(2)9-19(11-21(22)27)24(3,4)31;7-6-4-2-1-3-5-6/h5-6,9-11,15,23,31H,7-8,12,14H2,1-4H3;1-5H. The van der Waals surface area contributed by atoms with Gasteiger partial charge in [-0.3, -0.25) is 4.79 Å². The highest BCUT2D eigenvalue weighted by molar-refractivity contribution is 6.30. The Kier molecular flexibility index (Phi) is 10.1. The number of amides is 1. The topological polar surface area (TPSA) is 73.6 Å². The summed E-state index contributed by atoms with van der Waals surface area (Å²) in [6, 6.07) is 20.0. The van der Waals surface area contributed by atoms with Gasteiger partial charge in [-0.25, -0.2) is 4.39 Å². The molecule has 1 aliphatic carbocycles. The Balaban J connectivity index is 0.000000520. The van der Waals surface area contributed by atoms with E-state index >= 15 is 4.39 Å². The zero-order valence-corrected chi connectivity index (χ0v) is 24.1. The second-order valence-corrected chi connectivity index (χ2v) is 11.3.